The van der Waals surface area contributed by atoms with Crippen molar-refractivity contribution in [1.29, 1.82) is 0 Å². The highest BCUT2D eigenvalue weighted by molar-refractivity contribution is 5.90. The molecule has 308 valence electrons. The average molecular weight is 763 g/mol. The number of nitrogens with one attached hydrogen (secondary N) is 3. The summed E-state index contributed by atoms with van der Waals surface area (Å²) in [6, 6.07) is -3.05. The molecule has 1 fully saturated rings. The molecule has 2 aliphatic rings. The van der Waals surface area contributed by atoms with Crippen molar-refractivity contribution in [3.05, 3.63) is 23.8 Å². The van der Waals surface area contributed by atoms with Crippen LogP contribution in [0.2, 0.25) is 0 Å². The molecule has 2 rings (SSSR count). The zero-order valence-corrected chi connectivity index (χ0v) is 34.9. The summed E-state index contributed by atoms with van der Waals surface area (Å²) in [5.41, 5.74) is 2.66. The highest BCUT2D eigenvalue weighted by Gasteiger charge is 2.43. The number of ether oxygens (including phenoxy) is 2. The van der Waals surface area contributed by atoms with Gasteiger partial charge in [-0.25, -0.2) is 5.48 Å². The number of likely N-dealkylation sites (N-methyl/N-ethyl adjacent to an activating group) is 2. The third-order valence-corrected chi connectivity index (χ3v) is 11.3. The molecular weight excluding hydrogens is 692 g/mol. The van der Waals surface area contributed by atoms with E-state index in [4.69, 9.17) is 9.47 Å². The molecule has 1 aliphatic heterocycles. The Morgan fingerprint density at radius 1 is 0.944 bits per heavy atom. The van der Waals surface area contributed by atoms with Crippen molar-refractivity contribution >= 4 is 29.5 Å². The van der Waals surface area contributed by atoms with Crippen LogP contribution in [0, 0.1) is 23.7 Å². The number of methoxy groups -OCH3 is 2. The molecule has 5 amide bonds. The Balaban J connectivity index is 2.28. The lowest BCUT2D eigenvalue weighted by atomic mass is 9.89. The number of likely N-dealkylation sites (tertiary alicyclic amines) is 1. The molecule has 1 saturated heterocycles. The summed E-state index contributed by atoms with van der Waals surface area (Å²) in [5.74, 6) is -2.70. The van der Waals surface area contributed by atoms with Gasteiger partial charge in [0.25, 0.3) is 5.91 Å². The number of hydroxylamine groups is 1. The minimum Gasteiger partial charge on any atom is -0.379 e. The normalized spacial score (nSPS) is 20.4. The number of rotatable bonds is 21. The van der Waals surface area contributed by atoms with Crippen molar-refractivity contribution in [1.82, 2.24) is 30.8 Å². The largest absolute Gasteiger partial charge is 0.379 e. The number of allylic oxidation sites excluding steroid dienone is 3. The van der Waals surface area contributed by atoms with E-state index in [-0.39, 0.29) is 48.3 Å². The van der Waals surface area contributed by atoms with Crippen LogP contribution >= 0.6 is 0 Å². The van der Waals surface area contributed by atoms with Crippen LogP contribution in [0.15, 0.2) is 23.8 Å². The van der Waals surface area contributed by atoms with Gasteiger partial charge in [-0.05, 0) is 64.0 Å². The third kappa shape index (κ3) is 12.3. The summed E-state index contributed by atoms with van der Waals surface area (Å²) in [4.78, 5) is 73.3. The fourth-order valence-corrected chi connectivity index (χ4v) is 8.09. The summed E-state index contributed by atoms with van der Waals surface area (Å²) in [5, 5.41) is 15.2. The second kappa shape index (κ2) is 22.3. The molecule has 0 bridgehead atoms. The summed E-state index contributed by atoms with van der Waals surface area (Å²) in [7, 11) is 8.47. The first-order valence-corrected chi connectivity index (χ1v) is 19.6. The van der Waals surface area contributed by atoms with Crippen LogP contribution in [0.4, 0.5) is 0 Å². The van der Waals surface area contributed by atoms with Crippen molar-refractivity contribution in [3.8, 4) is 0 Å². The summed E-state index contributed by atoms with van der Waals surface area (Å²) < 4.78 is 11.9. The zero-order chi connectivity index (χ0) is 40.9. The lowest BCUT2D eigenvalue weighted by Gasteiger charge is -2.41. The van der Waals surface area contributed by atoms with E-state index in [0.29, 0.717) is 19.4 Å². The molecule has 14 nitrogen and oxygen atoms in total. The molecule has 0 aromatic rings. The average Bonchev–Trinajstić information content (AvgIpc) is 3.62. The van der Waals surface area contributed by atoms with Crippen LogP contribution in [0.1, 0.15) is 93.4 Å². The second-order valence-electron chi connectivity index (χ2n) is 16.0. The predicted octanol–water partition coefficient (Wildman–Crippen LogP) is 3.29. The smallest absolute Gasteiger partial charge is 0.266 e. The number of hydrogen-bond donors (Lipinski definition) is 4. The fourth-order valence-electron chi connectivity index (χ4n) is 8.09. The molecule has 0 saturated carbocycles. The second-order valence-corrected chi connectivity index (χ2v) is 16.0. The quantitative estimate of drug-likeness (QED) is 0.101. The summed E-state index contributed by atoms with van der Waals surface area (Å²) in [6.07, 6.45) is 8.42. The Kier molecular flexibility index (Phi) is 19.3. The Morgan fingerprint density at radius 2 is 1.61 bits per heavy atom. The standard InChI is InChI=1S/C40H70N6O8/c1-13-26(6)35(45(10)40(51)33(24(2)3)42-39(50)34(25(4)5)44(8)9)31(53-11)23-32(47)46-21-17-20-30(46)36(54-12)27(7)37(48)41-29(38(49)43-52)22-28-18-15-14-16-19-28/h14-15,18,24-27,29-31,33-36,52H,13,16-17,19-23H2,1-12H3,(H,41,48)(H,42,50)(H,43,49)/t26-,27+,29-,30-,31+,33-,34-,35-,36+/m0/s1. The van der Waals surface area contributed by atoms with E-state index >= 15 is 0 Å². The van der Waals surface area contributed by atoms with Crippen molar-refractivity contribution in [2.24, 2.45) is 23.7 Å². The molecule has 0 aromatic carbocycles. The lowest BCUT2D eigenvalue weighted by molar-refractivity contribution is -0.148. The van der Waals surface area contributed by atoms with E-state index in [1.165, 1.54) is 7.11 Å². The monoisotopic (exact) mass is 763 g/mol. The number of amides is 5. The maximum absolute atomic E-state index is 14.2. The van der Waals surface area contributed by atoms with Crippen molar-refractivity contribution in [2.45, 2.75) is 136 Å². The maximum Gasteiger partial charge on any atom is 0.266 e. The molecule has 1 heterocycles. The van der Waals surface area contributed by atoms with E-state index in [1.54, 1.807) is 36.4 Å². The third-order valence-electron chi connectivity index (χ3n) is 11.3. The Hall–Kier alpha value is -3.33. The molecule has 4 N–H and O–H groups in total. The molecule has 9 atom stereocenters. The SMILES string of the molecule is CC[C@H](C)[C@@H]([C@@H](CC(=O)N1CCC[C@H]1[C@H](OC)[C@@H](C)C(=O)N[C@@H](CC1=CC=CCC1)C(=O)NO)OC)N(C)C(=O)[C@@H](NC(=O)[C@H](C(C)C)N(C)C)C(C)C. The van der Waals surface area contributed by atoms with Crippen LogP contribution in [0.5, 0.6) is 0 Å². The van der Waals surface area contributed by atoms with E-state index in [0.717, 1.165) is 24.8 Å². The lowest BCUT2D eigenvalue weighted by Crippen LogP contribution is -2.59. The van der Waals surface area contributed by atoms with Crippen LogP contribution in [0.3, 0.4) is 0 Å². The first kappa shape index (κ1) is 46.8. The minimum absolute atomic E-state index is 0.00625. The van der Waals surface area contributed by atoms with Crippen molar-refractivity contribution in [3.63, 3.8) is 0 Å². The van der Waals surface area contributed by atoms with Gasteiger partial charge in [0.2, 0.25) is 23.6 Å². The number of carbonyl (C=O) groups excluding carboxylic acids is 5. The highest BCUT2D eigenvalue weighted by Crippen LogP contribution is 2.30. The van der Waals surface area contributed by atoms with Crippen molar-refractivity contribution in [2.75, 3.05) is 41.9 Å². The Bertz CT molecular complexity index is 1310. The molecule has 1 aliphatic carbocycles. The summed E-state index contributed by atoms with van der Waals surface area (Å²) in [6.45, 7) is 14.0. The highest BCUT2D eigenvalue weighted by atomic mass is 16.5. The molecule has 14 heteroatoms. The van der Waals surface area contributed by atoms with Gasteiger partial charge in [-0.2, -0.15) is 0 Å². The van der Waals surface area contributed by atoms with E-state index in [1.807, 2.05) is 78.8 Å². The molecule has 0 unspecified atom stereocenters. The Morgan fingerprint density at radius 3 is 2.11 bits per heavy atom. The number of carbonyl (C=O) groups is 5. The Labute approximate surface area is 323 Å². The van der Waals surface area contributed by atoms with Gasteiger partial charge in [0.1, 0.15) is 12.1 Å². The van der Waals surface area contributed by atoms with E-state index in [9.17, 15) is 29.2 Å². The number of nitrogens with zero attached hydrogens (tertiary/aromatic N) is 3. The van der Waals surface area contributed by atoms with E-state index < -0.39 is 60.1 Å². The summed E-state index contributed by atoms with van der Waals surface area (Å²) >= 11 is 0. The first-order chi connectivity index (χ1) is 25.4. The van der Waals surface area contributed by atoms with Gasteiger partial charge in [-0.3, -0.25) is 34.1 Å². The van der Waals surface area contributed by atoms with Gasteiger partial charge >= 0.3 is 0 Å². The zero-order valence-electron chi connectivity index (χ0n) is 34.9. The van der Waals surface area contributed by atoms with Gasteiger partial charge in [-0.1, -0.05) is 78.7 Å². The van der Waals surface area contributed by atoms with E-state index in [2.05, 4.69) is 10.6 Å². The van der Waals surface area contributed by atoms with Crippen molar-refractivity contribution < 1.29 is 38.7 Å². The fraction of sp³-hybridized carbons (Fsp3) is 0.775. The predicted molar refractivity (Wildman–Crippen MR) is 208 cm³/mol. The molecule has 0 aromatic heterocycles. The minimum atomic E-state index is -0.977. The molecule has 0 radical (unpaired) electrons. The topological polar surface area (TPSA) is 170 Å². The first-order valence-electron chi connectivity index (χ1n) is 19.6. The molecular formula is C40H70N6O8. The van der Waals surface area contributed by atoms with Crippen LogP contribution < -0.4 is 16.1 Å². The molecule has 0 spiro atoms. The van der Waals surface area contributed by atoms with Gasteiger partial charge < -0.3 is 29.9 Å². The van der Waals surface area contributed by atoms with Crippen LogP contribution in [-0.2, 0) is 33.4 Å². The van der Waals surface area contributed by atoms with Gasteiger partial charge in [0.05, 0.1) is 42.7 Å². The van der Waals surface area contributed by atoms with Crippen LogP contribution in [-0.4, -0.2) is 134 Å². The van der Waals surface area contributed by atoms with Gasteiger partial charge in [0, 0.05) is 27.8 Å². The molecule has 54 heavy (non-hydrogen) atoms. The maximum atomic E-state index is 14.2. The van der Waals surface area contributed by atoms with Crippen LogP contribution in [0.25, 0.3) is 0 Å². The van der Waals surface area contributed by atoms with Gasteiger partial charge in [-0.15, -0.1) is 0 Å². The number of hydrogen-bond acceptors (Lipinski definition) is 9. The van der Waals surface area contributed by atoms with Gasteiger partial charge in [0.15, 0.2) is 0 Å².